The lowest BCUT2D eigenvalue weighted by molar-refractivity contribution is 0.592. The van der Waals surface area contributed by atoms with Gasteiger partial charge in [-0.15, -0.1) is 0 Å². The first-order valence-electron chi connectivity index (χ1n) is 8.86. The molecule has 0 fully saturated rings. The first-order valence-corrected chi connectivity index (χ1v) is 10.3. The third-order valence-electron chi connectivity index (χ3n) is 4.38. The molecule has 1 aromatic heterocycles. The molecule has 0 aliphatic rings. The summed E-state index contributed by atoms with van der Waals surface area (Å²) >= 11 is 0. The van der Waals surface area contributed by atoms with Crippen molar-refractivity contribution < 1.29 is 8.42 Å². The number of nitrogens with zero attached hydrogens (tertiary/aromatic N) is 2. The van der Waals surface area contributed by atoms with Gasteiger partial charge in [0, 0.05) is 0 Å². The molecule has 28 heavy (non-hydrogen) atoms. The zero-order valence-corrected chi connectivity index (χ0v) is 16.1. The third-order valence-corrected chi connectivity index (χ3v) is 6.09. The maximum Gasteiger partial charge on any atom is 0.226 e. The van der Waals surface area contributed by atoms with Gasteiger partial charge in [-0.25, -0.2) is 18.4 Å². The van der Waals surface area contributed by atoms with E-state index in [4.69, 9.17) is 0 Å². The lowest BCUT2D eigenvalue weighted by Crippen LogP contribution is -2.08. The van der Waals surface area contributed by atoms with Crippen molar-refractivity contribution in [3.05, 3.63) is 95.7 Å². The highest BCUT2D eigenvalue weighted by Gasteiger charge is 2.23. The third kappa shape index (κ3) is 3.57. The van der Waals surface area contributed by atoms with E-state index in [9.17, 15) is 8.42 Å². The predicted molar refractivity (Wildman–Crippen MR) is 112 cm³/mol. The highest BCUT2D eigenvalue weighted by molar-refractivity contribution is 7.91. The summed E-state index contributed by atoms with van der Waals surface area (Å²) in [7, 11) is -3.80. The molecule has 4 nitrogen and oxygen atoms in total. The molecule has 0 saturated carbocycles. The van der Waals surface area contributed by atoms with E-state index in [-0.39, 0.29) is 9.92 Å². The SMILES string of the molecule is Cc1ccc(/C=C\c2nc3ccccc3nc2S(=O)(=O)c2ccccc2)cc1. The number of sulfone groups is 1. The Morgan fingerprint density at radius 3 is 2.00 bits per heavy atom. The van der Waals surface area contributed by atoms with E-state index in [1.165, 1.54) is 0 Å². The second-order valence-corrected chi connectivity index (χ2v) is 8.33. The fourth-order valence-electron chi connectivity index (χ4n) is 2.87. The second kappa shape index (κ2) is 7.37. The monoisotopic (exact) mass is 386 g/mol. The number of aromatic nitrogens is 2. The molecule has 4 aromatic rings. The molecule has 0 N–H and O–H groups in total. The van der Waals surface area contributed by atoms with Crippen LogP contribution >= 0.6 is 0 Å². The van der Waals surface area contributed by atoms with Crippen molar-refractivity contribution in [1.29, 1.82) is 0 Å². The fourth-order valence-corrected chi connectivity index (χ4v) is 4.21. The van der Waals surface area contributed by atoms with Gasteiger partial charge in [-0.2, -0.15) is 0 Å². The van der Waals surface area contributed by atoms with Gasteiger partial charge in [0.1, 0.15) is 5.69 Å². The lowest BCUT2D eigenvalue weighted by atomic mass is 10.1. The summed E-state index contributed by atoms with van der Waals surface area (Å²) < 4.78 is 26.4. The molecule has 5 heteroatoms. The van der Waals surface area contributed by atoms with Crippen molar-refractivity contribution in [2.24, 2.45) is 0 Å². The van der Waals surface area contributed by atoms with Gasteiger partial charge >= 0.3 is 0 Å². The van der Waals surface area contributed by atoms with Gasteiger partial charge in [0.2, 0.25) is 9.84 Å². The minimum Gasteiger partial charge on any atom is -0.244 e. The van der Waals surface area contributed by atoms with Crippen molar-refractivity contribution in [2.45, 2.75) is 16.8 Å². The Morgan fingerprint density at radius 1 is 0.714 bits per heavy atom. The van der Waals surface area contributed by atoms with Gasteiger partial charge in [0.15, 0.2) is 5.03 Å². The minimum atomic E-state index is -3.80. The Bertz CT molecular complexity index is 1260. The number of fused-ring (bicyclic) bond motifs is 1. The van der Waals surface area contributed by atoms with Crippen LogP contribution in [0.25, 0.3) is 23.2 Å². The van der Waals surface area contributed by atoms with Crippen LogP contribution in [-0.2, 0) is 9.84 Å². The number of hydrogen-bond donors (Lipinski definition) is 0. The van der Waals surface area contributed by atoms with Crippen molar-refractivity contribution >= 4 is 33.0 Å². The summed E-state index contributed by atoms with van der Waals surface area (Å²) in [6, 6.07) is 23.5. The van der Waals surface area contributed by atoms with Crippen molar-refractivity contribution in [3.63, 3.8) is 0 Å². The summed E-state index contributed by atoms with van der Waals surface area (Å²) in [6.45, 7) is 2.02. The maximum atomic E-state index is 13.2. The number of aryl methyl sites for hydroxylation is 1. The van der Waals surface area contributed by atoms with Gasteiger partial charge in [-0.05, 0) is 42.8 Å². The Morgan fingerprint density at radius 2 is 1.32 bits per heavy atom. The van der Waals surface area contributed by atoms with Crippen molar-refractivity contribution in [1.82, 2.24) is 9.97 Å². The Labute approximate surface area is 164 Å². The van der Waals surface area contributed by atoms with E-state index in [1.807, 2.05) is 55.5 Å². The summed E-state index contributed by atoms with van der Waals surface area (Å²) in [6.07, 6.45) is 3.56. The van der Waals surface area contributed by atoms with Crippen molar-refractivity contribution in [3.8, 4) is 0 Å². The molecule has 0 amide bonds. The molecule has 0 spiro atoms. The van der Waals surface area contributed by atoms with E-state index >= 15 is 0 Å². The summed E-state index contributed by atoms with van der Waals surface area (Å²) in [5, 5.41) is -0.0410. The molecule has 0 aliphatic heterocycles. The van der Waals surface area contributed by atoms with Crippen molar-refractivity contribution in [2.75, 3.05) is 0 Å². The molecule has 0 saturated heterocycles. The number of hydrogen-bond acceptors (Lipinski definition) is 4. The average molecular weight is 386 g/mol. The van der Waals surface area contributed by atoms with Gasteiger partial charge in [-0.3, -0.25) is 0 Å². The van der Waals surface area contributed by atoms with Crippen LogP contribution in [0, 0.1) is 6.92 Å². The number of rotatable bonds is 4. The van der Waals surface area contributed by atoms with Gasteiger partial charge in [-0.1, -0.05) is 66.2 Å². The quantitative estimate of drug-likeness (QED) is 0.498. The largest absolute Gasteiger partial charge is 0.244 e. The van der Waals surface area contributed by atoms with E-state index in [0.717, 1.165) is 11.1 Å². The van der Waals surface area contributed by atoms with Crippen LogP contribution in [0.15, 0.2) is 88.8 Å². The fraction of sp³-hybridized carbons (Fsp3) is 0.0435. The number of benzene rings is 3. The van der Waals surface area contributed by atoms with Crippen LogP contribution in [0.1, 0.15) is 16.8 Å². The molecule has 0 aliphatic carbocycles. The normalized spacial score (nSPS) is 11.9. The molecular formula is C23H18N2O2S. The molecule has 0 radical (unpaired) electrons. The standard InChI is InChI=1S/C23H18N2O2S/c1-17-11-13-18(14-12-17)15-16-22-23(25-21-10-6-5-9-20(21)24-22)28(26,27)19-7-3-2-4-8-19/h2-16H,1H3/b16-15-. The van der Waals surface area contributed by atoms with E-state index < -0.39 is 9.84 Å². The van der Waals surface area contributed by atoms with Crippen LogP contribution in [0.2, 0.25) is 0 Å². The van der Waals surface area contributed by atoms with Crippen LogP contribution < -0.4 is 0 Å². The summed E-state index contributed by atoms with van der Waals surface area (Å²) in [5.74, 6) is 0. The highest BCUT2D eigenvalue weighted by atomic mass is 32.2. The number of para-hydroxylation sites is 2. The zero-order chi connectivity index (χ0) is 19.6. The van der Waals surface area contributed by atoms with E-state index in [2.05, 4.69) is 9.97 Å². The molecule has 0 bridgehead atoms. The van der Waals surface area contributed by atoms with Gasteiger partial charge in [0.05, 0.1) is 15.9 Å². The summed E-state index contributed by atoms with van der Waals surface area (Å²) in [5.41, 5.74) is 3.64. The van der Waals surface area contributed by atoms with Crippen LogP contribution in [0.4, 0.5) is 0 Å². The highest BCUT2D eigenvalue weighted by Crippen LogP contribution is 2.25. The molecule has 4 rings (SSSR count). The Balaban J connectivity index is 1.89. The second-order valence-electron chi connectivity index (χ2n) is 6.46. The summed E-state index contributed by atoms with van der Waals surface area (Å²) in [4.78, 5) is 9.22. The Kier molecular flexibility index (Phi) is 4.75. The average Bonchev–Trinajstić information content (AvgIpc) is 2.73. The van der Waals surface area contributed by atoms with E-state index in [0.29, 0.717) is 16.7 Å². The molecule has 0 atom stereocenters. The molecular weight excluding hydrogens is 368 g/mol. The lowest BCUT2D eigenvalue weighted by Gasteiger charge is -2.08. The van der Waals surface area contributed by atoms with Gasteiger partial charge < -0.3 is 0 Å². The molecule has 138 valence electrons. The first-order chi connectivity index (χ1) is 13.5. The van der Waals surface area contributed by atoms with E-state index in [1.54, 1.807) is 42.5 Å². The van der Waals surface area contributed by atoms with Crippen LogP contribution in [-0.4, -0.2) is 18.4 Å². The molecule has 0 unspecified atom stereocenters. The van der Waals surface area contributed by atoms with Crippen LogP contribution in [0.3, 0.4) is 0 Å². The molecule has 1 heterocycles. The zero-order valence-electron chi connectivity index (χ0n) is 15.3. The predicted octanol–water partition coefficient (Wildman–Crippen LogP) is 4.94. The van der Waals surface area contributed by atoms with Crippen LogP contribution in [0.5, 0.6) is 0 Å². The smallest absolute Gasteiger partial charge is 0.226 e. The molecule has 3 aromatic carbocycles. The topological polar surface area (TPSA) is 59.9 Å². The maximum absolute atomic E-state index is 13.2. The van der Waals surface area contributed by atoms with Gasteiger partial charge in [0.25, 0.3) is 0 Å². The Hall–Kier alpha value is -3.31. The first kappa shape index (κ1) is 18.1. The minimum absolute atomic E-state index is 0.0410.